The fourth-order valence-electron chi connectivity index (χ4n) is 3.60. The minimum atomic E-state index is -0.731. The van der Waals surface area contributed by atoms with Crippen molar-refractivity contribution >= 4 is 11.8 Å². The van der Waals surface area contributed by atoms with Crippen LogP contribution in [0.3, 0.4) is 0 Å². The number of carboxylic acid groups (broad SMARTS) is 1. The van der Waals surface area contributed by atoms with Crippen LogP contribution in [0.25, 0.3) is 0 Å². The zero-order chi connectivity index (χ0) is 13.4. The van der Waals surface area contributed by atoms with Crippen LogP contribution in [-0.2, 0) is 4.79 Å². The SMILES string of the molecule is Cc1nccc(N2C(C(=O)O)CC3CCCCC32)n1. The number of hydrogen-bond donors (Lipinski definition) is 1. The molecule has 5 heteroatoms. The summed E-state index contributed by atoms with van der Waals surface area (Å²) >= 11 is 0. The summed E-state index contributed by atoms with van der Waals surface area (Å²) in [6, 6.07) is 1.74. The average molecular weight is 261 g/mol. The Morgan fingerprint density at radius 2 is 2.21 bits per heavy atom. The van der Waals surface area contributed by atoms with Crippen LogP contribution in [0.15, 0.2) is 12.3 Å². The van der Waals surface area contributed by atoms with E-state index in [0.29, 0.717) is 17.8 Å². The highest BCUT2D eigenvalue weighted by Gasteiger charge is 2.45. The highest BCUT2D eigenvalue weighted by atomic mass is 16.4. The lowest BCUT2D eigenvalue weighted by Gasteiger charge is -2.33. The quantitative estimate of drug-likeness (QED) is 0.882. The van der Waals surface area contributed by atoms with Gasteiger partial charge >= 0.3 is 5.97 Å². The molecule has 1 aromatic rings. The summed E-state index contributed by atoms with van der Waals surface area (Å²) in [6.07, 6.45) is 7.11. The molecule has 2 aliphatic rings. The minimum Gasteiger partial charge on any atom is -0.480 e. The van der Waals surface area contributed by atoms with Crippen molar-refractivity contribution < 1.29 is 9.90 Å². The van der Waals surface area contributed by atoms with E-state index in [0.717, 1.165) is 25.1 Å². The fraction of sp³-hybridized carbons (Fsp3) is 0.643. The largest absolute Gasteiger partial charge is 0.480 e. The number of fused-ring (bicyclic) bond motifs is 1. The van der Waals surface area contributed by atoms with Crippen LogP contribution in [0, 0.1) is 12.8 Å². The Hall–Kier alpha value is -1.65. The van der Waals surface area contributed by atoms with Gasteiger partial charge in [-0.15, -0.1) is 0 Å². The Kier molecular flexibility index (Phi) is 3.12. The molecule has 3 atom stereocenters. The van der Waals surface area contributed by atoms with Gasteiger partial charge in [-0.05, 0) is 38.2 Å². The first-order valence-corrected chi connectivity index (χ1v) is 6.97. The molecule has 1 aliphatic carbocycles. The number of aryl methyl sites for hydroxylation is 1. The molecule has 1 aliphatic heterocycles. The molecule has 3 unspecified atom stereocenters. The lowest BCUT2D eigenvalue weighted by Crippen LogP contribution is -2.43. The molecule has 0 bridgehead atoms. The minimum absolute atomic E-state index is 0.337. The van der Waals surface area contributed by atoms with Crippen LogP contribution < -0.4 is 4.90 Å². The second-order valence-electron chi connectivity index (χ2n) is 5.57. The number of nitrogens with zero attached hydrogens (tertiary/aromatic N) is 3. The topological polar surface area (TPSA) is 66.3 Å². The number of hydrogen-bond acceptors (Lipinski definition) is 4. The molecule has 2 heterocycles. The summed E-state index contributed by atoms with van der Waals surface area (Å²) in [7, 11) is 0. The van der Waals surface area contributed by atoms with E-state index >= 15 is 0 Å². The summed E-state index contributed by atoms with van der Waals surface area (Å²) in [4.78, 5) is 22.1. The highest BCUT2D eigenvalue weighted by molar-refractivity contribution is 5.79. The molecular weight excluding hydrogens is 242 g/mol. The number of carboxylic acids is 1. The van der Waals surface area contributed by atoms with Gasteiger partial charge in [0.15, 0.2) is 0 Å². The number of anilines is 1. The standard InChI is InChI=1S/C14H19N3O2/c1-9-15-7-6-13(16-9)17-11-5-3-2-4-10(11)8-12(17)14(18)19/h6-7,10-12H,2-5,8H2,1H3,(H,18,19). The van der Waals surface area contributed by atoms with Crippen molar-refractivity contribution in [2.75, 3.05) is 4.90 Å². The first-order valence-electron chi connectivity index (χ1n) is 6.97. The third-order valence-corrected chi connectivity index (χ3v) is 4.40. The maximum atomic E-state index is 11.5. The predicted molar refractivity (Wildman–Crippen MR) is 71.0 cm³/mol. The van der Waals surface area contributed by atoms with Crippen LogP contribution in [0.2, 0.25) is 0 Å². The van der Waals surface area contributed by atoms with E-state index in [4.69, 9.17) is 0 Å². The fourth-order valence-corrected chi connectivity index (χ4v) is 3.60. The van der Waals surface area contributed by atoms with E-state index in [1.807, 2.05) is 17.9 Å². The first kappa shape index (κ1) is 12.4. The van der Waals surface area contributed by atoms with Crippen molar-refractivity contribution in [1.29, 1.82) is 0 Å². The van der Waals surface area contributed by atoms with Crippen LogP contribution >= 0.6 is 0 Å². The van der Waals surface area contributed by atoms with Gasteiger partial charge in [-0.1, -0.05) is 12.8 Å². The molecule has 0 spiro atoms. The van der Waals surface area contributed by atoms with Crippen molar-refractivity contribution in [3.05, 3.63) is 18.1 Å². The van der Waals surface area contributed by atoms with Gasteiger partial charge in [-0.2, -0.15) is 0 Å². The molecular formula is C14H19N3O2. The average Bonchev–Trinajstić information content (AvgIpc) is 2.78. The Balaban J connectivity index is 1.96. The lowest BCUT2D eigenvalue weighted by molar-refractivity contribution is -0.138. The van der Waals surface area contributed by atoms with Gasteiger partial charge in [-0.25, -0.2) is 14.8 Å². The molecule has 0 amide bonds. The van der Waals surface area contributed by atoms with Gasteiger partial charge in [0, 0.05) is 12.2 Å². The normalized spacial score (nSPS) is 30.2. The van der Waals surface area contributed by atoms with Crippen molar-refractivity contribution in [1.82, 2.24) is 9.97 Å². The summed E-state index contributed by atoms with van der Waals surface area (Å²) < 4.78 is 0. The van der Waals surface area contributed by atoms with E-state index in [2.05, 4.69) is 9.97 Å². The van der Waals surface area contributed by atoms with Crippen LogP contribution in [-0.4, -0.2) is 33.1 Å². The molecule has 1 aromatic heterocycles. The Labute approximate surface area is 112 Å². The zero-order valence-electron chi connectivity index (χ0n) is 11.1. The van der Waals surface area contributed by atoms with Gasteiger partial charge in [0.2, 0.25) is 0 Å². The van der Waals surface area contributed by atoms with E-state index in [9.17, 15) is 9.90 Å². The van der Waals surface area contributed by atoms with E-state index in [1.54, 1.807) is 6.20 Å². The van der Waals surface area contributed by atoms with Crippen LogP contribution in [0.1, 0.15) is 37.9 Å². The molecule has 2 fully saturated rings. The number of aromatic nitrogens is 2. The number of rotatable bonds is 2. The Morgan fingerprint density at radius 1 is 1.42 bits per heavy atom. The summed E-state index contributed by atoms with van der Waals surface area (Å²) in [6.45, 7) is 1.84. The molecule has 1 N–H and O–H groups in total. The van der Waals surface area contributed by atoms with Crippen LogP contribution in [0.4, 0.5) is 5.82 Å². The van der Waals surface area contributed by atoms with Crippen molar-refractivity contribution in [3.8, 4) is 0 Å². The van der Waals surface area contributed by atoms with Crippen molar-refractivity contribution in [3.63, 3.8) is 0 Å². The number of aliphatic carboxylic acids is 1. The van der Waals surface area contributed by atoms with E-state index < -0.39 is 12.0 Å². The van der Waals surface area contributed by atoms with Gasteiger partial charge < -0.3 is 10.0 Å². The van der Waals surface area contributed by atoms with Gasteiger partial charge in [0.05, 0.1) is 0 Å². The summed E-state index contributed by atoms with van der Waals surface area (Å²) in [5.41, 5.74) is 0. The van der Waals surface area contributed by atoms with Gasteiger partial charge in [0.1, 0.15) is 17.7 Å². The van der Waals surface area contributed by atoms with Gasteiger partial charge in [-0.3, -0.25) is 0 Å². The van der Waals surface area contributed by atoms with E-state index in [-0.39, 0.29) is 0 Å². The summed E-state index contributed by atoms with van der Waals surface area (Å²) in [5.74, 6) is 1.24. The first-order chi connectivity index (χ1) is 9.16. The number of carbonyl (C=O) groups is 1. The smallest absolute Gasteiger partial charge is 0.326 e. The van der Waals surface area contributed by atoms with Crippen LogP contribution in [0.5, 0.6) is 0 Å². The molecule has 19 heavy (non-hydrogen) atoms. The molecule has 0 aromatic carbocycles. The maximum absolute atomic E-state index is 11.5. The Bertz CT molecular complexity index is 491. The monoisotopic (exact) mass is 261 g/mol. The van der Waals surface area contributed by atoms with E-state index in [1.165, 1.54) is 12.8 Å². The molecule has 5 nitrogen and oxygen atoms in total. The van der Waals surface area contributed by atoms with Crippen molar-refractivity contribution in [2.24, 2.45) is 5.92 Å². The third-order valence-electron chi connectivity index (χ3n) is 4.40. The third kappa shape index (κ3) is 2.17. The van der Waals surface area contributed by atoms with Crippen molar-refractivity contribution in [2.45, 2.75) is 51.1 Å². The molecule has 1 saturated heterocycles. The predicted octanol–water partition coefficient (Wildman–Crippen LogP) is 2.01. The zero-order valence-corrected chi connectivity index (χ0v) is 11.1. The second kappa shape index (κ2) is 4.79. The Morgan fingerprint density at radius 3 is 2.95 bits per heavy atom. The molecule has 3 rings (SSSR count). The highest BCUT2D eigenvalue weighted by Crippen LogP contribution is 2.41. The maximum Gasteiger partial charge on any atom is 0.326 e. The lowest BCUT2D eigenvalue weighted by atomic mass is 9.85. The second-order valence-corrected chi connectivity index (χ2v) is 5.57. The molecule has 102 valence electrons. The molecule has 1 saturated carbocycles. The van der Waals surface area contributed by atoms with Gasteiger partial charge in [0.25, 0.3) is 0 Å². The summed E-state index contributed by atoms with van der Waals surface area (Å²) in [5, 5.41) is 9.48. The molecule has 0 radical (unpaired) electrons.